The molecule has 0 radical (unpaired) electrons. The quantitative estimate of drug-likeness (QED) is 0.736. The molecule has 0 bridgehead atoms. The Labute approximate surface area is 187 Å². The molecule has 2 amide bonds. The van der Waals surface area contributed by atoms with Gasteiger partial charge in [-0.3, -0.25) is 14.5 Å². The number of nitrogens with zero attached hydrogens (tertiary/aromatic N) is 2. The summed E-state index contributed by atoms with van der Waals surface area (Å²) in [4.78, 5) is 29.7. The van der Waals surface area contributed by atoms with Gasteiger partial charge in [-0.15, -0.1) is 0 Å². The number of benzene rings is 2. The smallest absolute Gasteiger partial charge is 0.255 e. The van der Waals surface area contributed by atoms with Crippen molar-refractivity contribution in [2.45, 2.75) is 32.2 Å². The lowest BCUT2D eigenvalue weighted by atomic mass is 9.95. The van der Waals surface area contributed by atoms with Gasteiger partial charge < -0.3 is 10.2 Å². The number of halogens is 2. The average Bonchev–Trinajstić information content (AvgIpc) is 3.32. The highest BCUT2D eigenvalue weighted by atomic mass is 35.5. The number of para-hydroxylation sites is 1. The molecule has 2 aromatic carbocycles. The standard InChI is InChI=1S/C24H27ClFN3O2/c25-20-7-5-8-21(26)19(20)16-28-14-10-17(11-15-28)23(30)27-22-9-2-1-6-18(22)24(31)29-12-3-4-13-29/h1-2,5-9,17H,3-4,10-16H2,(H,27,30). The highest BCUT2D eigenvalue weighted by molar-refractivity contribution is 6.31. The predicted octanol–water partition coefficient (Wildman–Crippen LogP) is 4.57. The van der Waals surface area contributed by atoms with Crippen molar-refractivity contribution >= 4 is 29.1 Å². The Kier molecular flexibility index (Phi) is 6.88. The number of anilines is 1. The van der Waals surface area contributed by atoms with Gasteiger partial charge in [0.15, 0.2) is 0 Å². The number of carbonyl (C=O) groups excluding carboxylic acids is 2. The van der Waals surface area contributed by atoms with E-state index in [-0.39, 0.29) is 23.5 Å². The van der Waals surface area contributed by atoms with Crippen molar-refractivity contribution in [3.63, 3.8) is 0 Å². The molecule has 31 heavy (non-hydrogen) atoms. The van der Waals surface area contributed by atoms with Crippen molar-refractivity contribution in [2.75, 3.05) is 31.5 Å². The summed E-state index contributed by atoms with van der Waals surface area (Å²) in [5.41, 5.74) is 1.62. The van der Waals surface area contributed by atoms with Gasteiger partial charge in [-0.05, 0) is 63.0 Å². The van der Waals surface area contributed by atoms with Gasteiger partial charge in [0.2, 0.25) is 5.91 Å². The zero-order valence-corrected chi connectivity index (χ0v) is 18.2. The highest BCUT2D eigenvalue weighted by Gasteiger charge is 2.28. The van der Waals surface area contributed by atoms with Crippen LogP contribution in [0.4, 0.5) is 10.1 Å². The molecule has 5 nitrogen and oxygen atoms in total. The van der Waals surface area contributed by atoms with E-state index in [0.29, 0.717) is 54.3 Å². The first kappa shape index (κ1) is 21.8. The minimum atomic E-state index is -0.299. The third-order valence-corrected chi connectivity index (χ3v) is 6.56. The molecule has 2 aliphatic heterocycles. The number of carbonyl (C=O) groups is 2. The second-order valence-corrected chi connectivity index (χ2v) is 8.69. The summed E-state index contributed by atoms with van der Waals surface area (Å²) in [6.45, 7) is 3.36. The molecule has 164 valence electrons. The van der Waals surface area contributed by atoms with Gasteiger partial charge in [0.25, 0.3) is 5.91 Å². The van der Waals surface area contributed by atoms with E-state index in [1.54, 1.807) is 24.3 Å². The third kappa shape index (κ3) is 5.08. The van der Waals surface area contributed by atoms with Crippen molar-refractivity contribution in [1.29, 1.82) is 0 Å². The van der Waals surface area contributed by atoms with Gasteiger partial charge in [-0.25, -0.2) is 4.39 Å². The number of nitrogens with one attached hydrogen (secondary N) is 1. The molecule has 2 heterocycles. The van der Waals surface area contributed by atoms with Crippen LogP contribution >= 0.6 is 11.6 Å². The highest BCUT2D eigenvalue weighted by Crippen LogP contribution is 2.26. The van der Waals surface area contributed by atoms with Crippen molar-refractivity contribution < 1.29 is 14.0 Å². The first-order valence-corrected chi connectivity index (χ1v) is 11.2. The Bertz CT molecular complexity index is 933. The molecule has 1 N–H and O–H groups in total. The number of piperidine rings is 1. The van der Waals surface area contributed by atoms with Crippen LogP contribution in [0.1, 0.15) is 41.6 Å². The van der Waals surface area contributed by atoms with Crippen LogP contribution in [0.15, 0.2) is 42.5 Å². The van der Waals surface area contributed by atoms with Crippen LogP contribution in [0.25, 0.3) is 0 Å². The van der Waals surface area contributed by atoms with Gasteiger partial charge >= 0.3 is 0 Å². The molecular weight excluding hydrogens is 417 g/mol. The SMILES string of the molecule is O=C(Nc1ccccc1C(=O)N1CCCC1)C1CCN(Cc2c(F)cccc2Cl)CC1. The fourth-order valence-corrected chi connectivity index (χ4v) is 4.59. The lowest BCUT2D eigenvalue weighted by Gasteiger charge is -2.31. The number of hydrogen-bond donors (Lipinski definition) is 1. The average molecular weight is 444 g/mol. The zero-order valence-electron chi connectivity index (χ0n) is 17.4. The molecule has 0 atom stereocenters. The summed E-state index contributed by atoms with van der Waals surface area (Å²) in [5, 5.41) is 3.41. The summed E-state index contributed by atoms with van der Waals surface area (Å²) in [6, 6.07) is 11.9. The van der Waals surface area contributed by atoms with E-state index in [9.17, 15) is 14.0 Å². The van der Waals surface area contributed by atoms with Crippen molar-refractivity contribution in [1.82, 2.24) is 9.80 Å². The second-order valence-electron chi connectivity index (χ2n) is 8.28. The maximum atomic E-state index is 14.1. The van der Waals surface area contributed by atoms with Gasteiger partial charge in [-0.1, -0.05) is 29.8 Å². The first-order chi connectivity index (χ1) is 15.0. The monoisotopic (exact) mass is 443 g/mol. The van der Waals surface area contributed by atoms with Crippen molar-refractivity contribution in [2.24, 2.45) is 5.92 Å². The Morgan fingerprint density at radius 2 is 1.71 bits per heavy atom. The molecule has 2 aromatic rings. The first-order valence-electron chi connectivity index (χ1n) is 10.9. The molecule has 0 unspecified atom stereocenters. The number of hydrogen-bond acceptors (Lipinski definition) is 3. The fourth-order valence-electron chi connectivity index (χ4n) is 4.36. The Hall–Kier alpha value is -2.44. The molecule has 0 saturated carbocycles. The van der Waals surface area contributed by atoms with Crippen LogP contribution in [0.5, 0.6) is 0 Å². The summed E-state index contributed by atoms with van der Waals surface area (Å²) in [5.74, 6) is -0.524. The summed E-state index contributed by atoms with van der Waals surface area (Å²) in [7, 11) is 0. The zero-order chi connectivity index (χ0) is 21.8. The number of likely N-dealkylation sites (tertiary alicyclic amines) is 2. The second kappa shape index (κ2) is 9.79. The van der Waals surface area contributed by atoms with Gasteiger partial charge in [-0.2, -0.15) is 0 Å². The molecule has 7 heteroatoms. The van der Waals surface area contributed by atoms with Gasteiger partial charge in [0, 0.05) is 36.1 Å². The molecule has 2 saturated heterocycles. The largest absolute Gasteiger partial charge is 0.339 e. The van der Waals surface area contributed by atoms with Crippen LogP contribution in [-0.4, -0.2) is 47.8 Å². The maximum absolute atomic E-state index is 14.1. The van der Waals surface area contributed by atoms with E-state index >= 15 is 0 Å². The fraction of sp³-hybridized carbons (Fsp3) is 0.417. The Balaban J connectivity index is 1.35. The maximum Gasteiger partial charge on any atom is 0.255 e. The van der Waals surface area contributed by atoms with Crippen LogP contribution < -0.4 is 5.32 Å². The molecule has 2 aliphatic rings. The van der Waals surface area contributed by atoms with E-state index < -0.39 is 0 Å². The normalized spacial score (nSPS) is 17.7. The summed E-state index contributed by atoms with van der Waals surface area (Å²) >= 11 is 6.14. The lowest BCUT2D eigenvalue weighted by Crippen LogP contribution is -2.38. The van der Waals surface area contributed by atoms with E-state index in [0.717, 1.165) is 25.9 Å². The van der Waals surface area contributed by atoms with Crippen molar-refractivity contribution in [3.8, 4) is 0 Å². The van der Waals surface area contributed by atoms with E-state index in [4.69, 9.17) is 11.6 Å². The third-order valence-electron chi connectivity index (χ3n) is 6.21. The molecule has 2 fully saturated rings. The van der Waals surface area contributed by atoms with E-state index in [1.165, 1.54) is 6.07 Å². The summed E-state index contributed by atoms with van der Waals surface area (Å²) < 4.78 is 14.1. The van der Waals surface area contributed by atoms with E-state index in [1.807, 2.05) is 17.0 Å². The van der Waals surface area contributed by atoms with Crippen molar-refractivity contribution in [3.05, 3.63) is 64.4 Å². The Morgan fingerprint density at radius 3 is 2.42 bits per heavy atom. The van der Waals surface area contributed by atoms with Crippen LogP contribution in [0.2, 0.25) is 5.02 Å². The molecule has 4 rings (SSSR count). The predicted molar refractivity (Wildman–Crippen MR) is 120 cm³/mol. The van der Waals surface area contributed by atoms with Crippen LogP contribution in [-0.2, 0) is 11.3 Å². The molecular formula is C24H27ClFN3O2. The minimum absolute atomic E-state index is 0.0232. The van der Waals surface area contributed by atoms with Crippen LogP contribution in [0.3, 0.4) is 0 Å². The number of amides is 2. The lowest BCUT2D eigenvalue weighted by molar-refractivity contribution is -0.121. The van der Waals surface area contributed by atoms with Gasteiger partial charge in [0.05, 0.1) is 11.3 Å². The Morgan fingerprint density at radius 1 is 1.00 bits per heavy atom. The minimum Gasteiger partial charge on any atom is -0.339 e. The van der Waals surface area contributed by atoms with E-state index in [2.05, 4.69) is 10.2 Å². The molecule has 0 aliphatic carbocycles. The molecule has 0 aromatic heterocycles. The summed E-state index contributed by atoms with van der Waals surface area (Å²) in [6.07, 6.45) is 3.41. The molecule has 0 spiro atoms. The number of rotatable bonds is 5. The topological polar surface area (TPSA) is 52.7 Å². The van der Waals surface area contributed by atoms with Gasteiger partial charge in [0.1, 0.15) is 5.82 Å². The van der Waals surface area contributed by atoms with Crippen LogP contribution in [0, 0.1) is 11.7 Å².